The second-order valence-electron chi connectivity index (χ2n) is 2.85. The first-order chi connectivity index (χ1) is 6.95. The van der Waals surface area contributed by atoms with Crippen LogP contribution in [0.1, 0.15) is 5.56 Å². The number of halogens is 4. The van der Waals surface area contributed by atoms with Gasteiger partial charge >= 0.3 is 6.18 Å². The average Bonchev–Trinajstić information content (AvgIpc) is 2.14. The predicted octanol–water partition coefficient (Wildman–Crippen LogP) is 2.76. The van der Waals surface area contributed by atoms with Crippen molar-refractivity contribution in [2.24, 2.45) is 0 Å². The van der Waals surface area contributed by atoms with Crippen LogP contribution in [0, 0.1) is 5.82 Å². The van der Waals surface area contributed by atoms with Gasteiger partial charge in [0.1, 0.15) is 5.82 Å². The first-order valence-corrected chi connectivity index (χ1v) is 4.08. The molecule has 1 aromatic carbocycles. The van der Waals surface area contributed by atoms with E-state index in [1.807, 2.05) is 0 Å². The molecule has 0 bridgehead atoms. The Bertz CT molecular complexity index is 368. The Morgan fingerprint density at radius 2 is 1.87 bits per heavy atom. The molecule has 1 rings (SSSR count). The summed E-state index contributed by atoms with van der Waals surface area (Å²) in [5, 5.41) is 8.50. The molecule has 82 valence electrons. The van der Waals surface area contributed by atoms with Crippen molar-refractivity contribution in [1.29, 1.82) is 0 Å². The van der Waals surface area contributed by atoms with Gasteiger partial charge in [0, 0.05) is 5.56 Å². The molecule has 0 fully saturated rings. The van der Waals surface area contributed by atoms with E-state index in [-0.39, 0.29) is 5.56 Å². The maximum absolute atomic E-state index is 13.0. The van der Waals surface area contributed by atoms with Gasteiger partial charge in [-0.1, -0.05) is 18.2 Å². The minimum atomic E-state index is -4.64. The van der Waals surface area contributed by atoms with Crippen LogP contribution >= 0.6 is 0 Å². The summed E-state index contributed by atoms with van der Waals surface area (Å²) < 4.78 is 49.5. The molecule has 15 heavy (non-hydrogen) atoms. The zero-order valence-corrected chi connectivity index (χ0v) is 7.55. The second-order valence-corrected chi connectivity index (χ2v) is 2.85. The molecule has 0 unspecified atom stereocenters. The Kier molecular flexibility index (Phi) is 3.47. The Morgan fingerprint density at radius 3 is 2.33 bits per heavy atom. The lowest BCUT2D eigenvalue weighted by atomic mass is 10.1. The van der Waals surface area contributed by atoms with Gasteiger partial charge < -0.3 is 5.11 Å². The van der Waals surface area contributed by atoms with Crippen LogP contribution in [0.5, 0.6) is 0 Å². The molecule has 0 aliphatic rings. The zero-order chi connectivity index (χ0) is 11.5. The van der Waals surface area contributed by atoms with Crippen molar-refractivity contribution < 1.29 is 22.7 Å². The normalized spacial score (nSPS) is 13.0. The van der Waals surface area contributed by atoms with Crippen LogP contribution in [-0.4, -0.2) is 17.9 Å². The van der Waals surface area contributed by atoms with E-state index in [9.17, 15) is 17.6 Å². The van der Waals surface area contributed by atoms with Crippen molar-refractivity contribution in [3.63, 3.8) is 0 Å². The van der Waals surface area contributed by atoms with Crippen molar-refractivity contribution in [3.05, 3.63) is 41.2 Å². The van der Waals surface area contributed by atoms with Crippen molar-refractivity contribution in [3.8, 4) is 0 Å². The summed E-state index contributed by atoms with van der Waals surface area (Å²) in [7, 11) is 0. The van der Waals surface area contributed by atoms with Gasteiger partial charge in [0.2, 0.25) is 0 Å². The Labute approximate surface area is 83.7 Å². The Hall–Kier alpha value is -1.36. The van der Waals surface area contributed by atoms with Gasteiger partial charge in [0.25, 0.3) is 0 Å². The number of aliphatic hydroxyl groups is 1. The van der Waals surface area contributed by atoms with E-state index in [1.54, 1.807) is 0 Å². The lowest BCUT2D eigenvalue weighted by molar-refractivity contribution is -0.0964. The third kappa shape index (κ3) is 3.06. The van der Waals surface area contributed by atoms with Crippen molar-refractivity contribution in [2.75, 3.05) is 6.61 Å². The minimum Gasteiger partial charge on any atom is -0.392 e. The van der Waals surface area contributed by atoms with Crippen molar-refractivity contribution in [1.82, 2.24) is 0 Å². The van der Waals surface area contributed by atoms with Crippen molar-refractivity contribution >= 4 is 6.08 Å². The van der Waals surface area contributed by atoms with E-state index in [4.69, 9.17) is 5.11 Å². The summed E-state index contributed by atoms with van der Waals surface area (Å²) in [6.45, 7) is -1.17. The highest BCUT2D eigenvalue weighted by molar-refractivity contribution is 5.54. The molecule has 0 radical (unpaired) electrons. The highest BCUT2D eigenvalue weighted by atomic mass is 19.4. The van der Waals surface area contributed by atoms with Crippen LogP contribution in [0.4, 0.5) is 17.6 Å². The van der Waals surface area contributed by atoms with E-state index < -0.39 is 24.2 Å². The predicted molar refractivity (Wildman–Crippen MR) is 47.5 cm³/mol. The van der Waals surface area contributed by atoms with Crippen LogP contribution < -0.4 is 0 Å². The largest absolute Gasteiger partial charge is 0.414 e. The fraction of sp³-hybridized carbons (Fsp3) is 0.200. The standard InChI is InChI=1S/C10H8F4O/c11-9-4-2-1-3-7(9)5-8(6-15)10(12,13)14/h1-5,15H,6H2/b8-5+. The van der Waals surface area contributed by atoms with E-state index >= 15 is 0 Å². The summed E-state index contributed by atoms with van der Waals surface area (Å²) in [6, 6.07) is 5.05. The van der Waals surface area contributed by atoms with Crippen LogP contribution in [0.25, 0.3) is 6.08 Å². The van der Waals surface area contributed by atoms with Gasteiger partial charge in [0.15, 0.2) is 0 Å². The van der Waals surface area contributed by atoms with Gasteiger partial charge in [-0.3, -0.25) is 0 Å². The molecule has 0 aliphatic carbocycles. The Morgan fingerprint density at radius 1 is 1.27 bits per heavy atom. The molecule has 0 atom stereocenters. The van der Waals surface area contributed by atoms with E-state index in [1.165, 1.54) is 18.2 Å². The van der Waals surface area contributed by atoms with Crippen LogP contribution in [0.15, 0.2) is 29.8 Å². The number of aliphatic hydroxyl groups excluding tert-OH is 1. The first kappa shape index (κ1) is 11.7. The van der Waals surface area contributed by atoms with E-state index in [2.05, 4.69) is 0 Å². The molecule has 1 nitrogen and oxygen atoms in total. The highest BCUT2D eigenvalue weighted by Crippen LogP contribution is 2.27. The monoisotopic (exact) mass is 220 g/mol. The third-order valence-corrected chi connectivity index (χ3v) is 1.77. The molecular formula is C10H8F4O. The van der Waals surface area contributed by atoms with Crippen LogP contribution in [-0.2, 0) is 0 Å². The quantitative estimate of drug-likeness (QED) is 0.760. The van der Waals surface area contributed by atoms with Gasteiger partial charge in [-0.25, -0.2) is 4.39 Å². The number of hydrogen-bond acceptors (Lipinski definition) is 1. The van der Waals surface area contributed by atoms with Crippen LogP contribution in [0.2, 0.25) is 0 Å². The fourth-order valence-electron chi connectivity index (χ4n) is 0.997. The number of hydrogen-bond donors (Lipinski definition) is 1. The summed E-state index contributed by atoms with van der Waals surface area (Å²) in [5.41, 5.74) is -1.37. The zero-order valence-electron chi connectivity index (χ0n) is 7.55. The smallest absolute Gasteiger partial charge is 0.392 e. The van der Waals surface area contributed by atoms with Gasteiger partial charge in [-0.05, 0) is 12.1 Å². The lowest BCUT2D eigenvalue weighted by Crippen LogP contribution is -2.14. The summed E-state index contributed by atoms with van der Waals surface area (Å²) in [6.07, 6.45) is -4.05. The number of alkyl halides is 3. The van der Waals surface area contributed by atoms with Crippen molar-refractivity contribution in [2.45, 2.75) is 6.18 Å². The fourth-order valence-corrected chi connectivity index (χ4v) is 0.997. The van der Waals surface area contributed by atoms with E-state index in [0.29, 0.717) is 6.08 Å². The maximum Gasteiger partial charge on any atom is 0.414 e. The molecule has 0 heterocycles. The van der Waals surface area contributed by atoms with E-state index in [0.717, 1.165) is 6.07 Å². The molecule has 1 N–H and O–H groups in total. The van der Waals surface area contributed by atoms with Gasteiger partial charge in [-0.15, -0.1) is 0 Å². The second kappa shape index (κ2) is 4.44. The average molecular weight is 220 g/mol. The molecule has 0 saturated heterocycles. The molecule has 0 amide bonds. The molecular weight excluding hydrogens is 212 g/mol. The van der Waals surface area contributed by atoms with Crippen LogP contribution in [0.3, 0.4) is 0 Å². The summed E-state index contributed by atoms with van der Waals surface area (Å²) in [4.78, 5) is 0. The maximum atomic E-state index is 13.0. The topological polar surface area (TPSA) is 20.2 Å². The molecule has 0 saturated carbocycles. The molecule has 0 spiro atoms. The first-order valence-electron chi connectivity index (χ1n) is 4.08. The lowest BCUT2D eigenvalue weighted by Gasteiger charge is -2.08. The highest BCUT2D eigenvalue weighted by Gasteiger charge is 2.32. The molecule has 0 aliphatic heterocycles. The number of rotatable bonds is 2. The summed E-state index contributed by atoms with van der Waals surface area (Å²) >= 11 is 0. The molecule has 1 aromatic rings. The number of benzene rings is 1. The van der Waals surface area contributed by atoms with Gasteiger partial charge in [-0.2, -0.15) is 13.2 Å². The molecule has 5 heteroatoms. The van der Waals surface area contributed by atoms with Gasteiger partial charge in [0.05, 0.1) is 12.2 Å². The minimum absolute atomic E-state index is 0.195. The third-order valence-electron chi connectivity index (χ3n) is 1.77. The molecule has 0 aromatic heterocycles. The summed E-state index contributed by atoms with van der Waals surface area (Å²) in [5.74, 6) is -0.757. The Balaban J connectivity index is 3.10. The SMILES string of the molecule is OC/C(=C\c1ccccc1F)C(F)(F)F.